The molecule has 0 saturated carbocycles. The fraction of sp³-hybridized carbons (Fsp3) is 0.375. The van der Waals surface area contributed by atoms with Crippen LogP contribution in [0.2, 0.25) is 0 Å². The van der Waals surface area contributed by atoms with Crippen LogP contribution < -0.4 is 0 Å². The van der Waals surface area contributed by atoms with Crippen molar-refractivity contribution in [3.05, 3.63) is 71.8 Å². The fourth-order valence-corrected chi connectivity index (χ4v) is 3.40. The molecule has 1 aliphatic heterocycles. The second kappa shape index (κ2) is 9.93. The summed E-state index contributed by atoms with van der Waals surface area (Å²) in [6, 6.07) is 17.7. The third-order valence-electron chi connectivity index (χ3n) is 4.92. The van der Waals surface area contributed by atoms with Crippen LogP contribution in [0.5, 0.6) is 0 Å². The van der Waals surface area contributed by atoms with Crippen molar-refractivity contribution in [1.82, 2.24) is 4.90 Å². The fourth-order valence-electron chi connectivity index (χ4n) is 3.40. The Labute approximate surface area is 179 Å². The van der Waals surface area contributed by atoms with Crippen molar-refractivity contribution in [3.63, 3.8) is 0 Å². The lowest BCUT2D eigenvalue weighted by Gasteiger charge is -2.30. The minimum Gasteiger partial charge on any atom is -0.444 e. The topological polar surface area (TPSA) is 49.8 Å². The Morgan fingerprint density at radius 1 is 1.00 bits per heavy atom. The summed E-state index contributed by atoms with van der Waals surface area (Å²) < 4.78 is 5.70. The first-order chi connectivity index (χ1) is 13.4. The third-order valence-corrected chi connectivity index (χ3v) is 4.92. The number of carbonyl (C=O) groups is 1. The predicted molar refractivity (Wildman–Crippen MR) is 117 cm³/mol. The molecule has 1 aliphatic rings. The van der Waals surface area contributed by atoms with Gasteiger partial charge >= 0.3 is 5.97 Å². The summed E-state index contributed by atoms with van der Waals surface area (Å²) in [7, 11) is 0. The largest absolute Gasteiger partial charge is 0.444 e. The molecule has 0 amide bonds. The molecular weight excluding hydrogens is 386 g/mol. The Balaban J connectivity index is 0.00000300. The van der Waals surface area contributed by atoms with Crippen molar-refractivity contribution >= 4 is 18.4 Å². The van der Waals surface area contributed by atoms with E-state index in [9.17, 15) is 9.90 Å². The minimum absolute atomic E-state index is 0. The highest BCUT2D eigenvalue weighted by molar-refractivity contribution is 5.86. The lowest BCUT2D eigenvalue weighted by atomic mass is 9.86. The van der Waals surface area contributed by atoms with Crippen LogP contribution in [0.25, 0.3) is 0 Å². The summed E-state index contributed by atoms with van der Waals surface area (Å²) >= 11 is 0. The zero-order chi connectivity index (χ0) is 20.0. The lowest BCUT2D eigenvalue weighted by Crippen LogP contribution is -2.42. The van der Waals surface area contributed by atoms with Crippen molar-refractivity contribution in [2.75, 3.05) is 19.6 Å². The zero-order valence-electron chi connectivity index (χ0n) is 16.9. The molecule has 1 N–H and O–H groups in total. The van der Waals surface area contributed by atoms with Gasteiger partial charge in [-0.25, -0.2) is 4.79 Å². The van der Waals surface area contributed by atoms with Crippen LogP contribution in [-0.4, -0.2) is 41.2 Å². The maximum Gasteiger partial charge on any atom is 0.349 e. The van der Waals surface area contributed by atoms with Gasteiger partial charge in [0.25, 0.3) is 0 Å². The van der Waals surface area contributed by atoms with Crippen molar-refractivity contribution in [2.45, 2.75) is 37.9 Å². The first kappa shape index (κ1) is 23.0. The average molecular weight is 414 g/mol. The Bertz CT molecular complexity index is 810. The number of hydrogen-bond donors (Lipinski definition) is 1. The number of aliphatic hydroxyl groups is 1. The first-order valence-corrected chi connectivity index (χ1v) is 9.71. The molecule has 0 aromatic heterocycles. The van der Waals surface area contributed by atoms with E-state index in [1.807, 2.05) is 12.1 Å². The zero-order valence-corrected chi connectivity index (χ0v) is 17.7. The lowest BCUT2D eigenvalue weighted by molar-refractivity contribution is -0.170. The van der Waals surface area contributed by atoms with Crippen LogP contribution in [-0.2, 0) is 15.1 Å². The SMILES string of the molecule is CC(C)(C#CCN1CCCC1)OC(=O)C(O)(c1ccccc1)c1ccccc1.Cl. The van der Waals surface area contributed by atoms with Gasteiger partial charge in [0, 0.05) is 0 Å². The summed E-state index contributed by atoms with van der Waals surface area (Å²) in [4.78, 5) is 15.4. The molecule has 0 spiro atoms. The van der Waals surface area contributed by atoms with Crippen molar-refractivity contribution < 1.29 is 14.6 Å². The molecule has 0 aliphatic carbocycles. The Morgan fingerprint density at radius 3 is 1.97 bits per heavy atom. The molecule has 5 heteroatoms. The van der Waals surface area contributed by atoms with Gasteiger partial charge in [-0.1, -0.05) is 72.5 Å². The van der Waals surface area contributed by atoms with Crippen molar-refractivity contribution in [2.24, 2.45) is 0 Å². The number of rotatable bonds is 5. The normalized spacial score (nSPS) is 14.4. The molecule has 4 nitrogen and oxygen atoms in total. The van der Waals surface area contributed by atoms with Gasteiger partial charge in [-0.2, -0.15) is 0 Å². The third kappa shape index (κ3) is 5.61. The molecule has 3 rings (SSSR count). The molecule has 0 atom stereocenters. The Kier molecular flexibility index (Phi) is 7.87. The molecule has 29 heavy (non-hydrogen) atoms. The van der Waals surface area contributed by atoms with Gasteiger partial charge in [-0.05, 0) is 50.9 Å². The number of carbonyl (C=O) groups excluding carboxylic acids is 1. The van der Waals surface area contributed by atoms with Gasteiger partial charge in [0.2, 0.25) is 5.60 Å². The summed E-state index contributed by atoms with van der Waals surface area (Å²) in [6.45, 7) is 6.30. The molecule has 2 aromatic rings. The second-order valence-electron chi connectivity index (χ2n) is 7.63. The molecule has 2 aromatic carbocycles. The van der Waals surface area contributed by atoms with Gasteiger partial charge in [0.05, 0.1) is 6.54 Å². The highest BCUT2D eigenvalue weighted by atomic mass is 35.5. The van der Waals surface area contributed by atoms with Crippen LogP contribution in [0.3, 0.4) is 0 Å². The monoisotopic (exact) mass is 413 g/mol. The molecule has 0 bridgehead atoms. The van der Waals surface area contributed by atoms with Crippen LogP contribution in [0.4, 0.5) is 0 Å². The minimum atomic E-state index is -1.89. The maximum absolute atomic E-state index is 13.2. The quantitative estimate of drug-likeness (QED) is 0.599. The number of halogens is 1. The molecule has 0 unspecified atom stereocenters. The number of nitrogens with zero attached hydrogens (tertiary/aromatic N) is 1. The number of ether oxygens (including phenoxy) is 1. The van der Waals surface area contributed by atoms with Crippen LogP contribution in [0, 0.1) is 11.8 Å². The van der Waals surface area contributed by atoms with E-state index in [4.69, 9.17) is 4.74 Å². The van der Waals surface area contributed by atoms with Gasteiger partial charge in [0.1, 0.15) is 0 Å². The van der Waals surface area contributed by atoms with E-state index in [1.54, 1.807) is 62.4 Å². The van der Waals surface area contributed by atoms with Gasteiger partial charge in [-0.3, -0.25) is 4.90 Å². The van der Waals surface area contributed by atoms with Gasteiger partial charge in [-0.15, -0.1) is 12.4 Å². The number of likely N-dealkylation sites (tertiary alicyclic amines) is 1. The van der Waals surface area contributed by atoms with E-state index in [0.29, 0.717) is 17.7 Å². The number of esters is 1. The Morgan fingerprint density at radius 2 is 1.48 bits per heavy atom. The van der Waals surface area contributed by atoms with Gasteiger partial charge < -0.3 is 9.84 Å². The predicted octanol–water partition coefficient (Wildman–Crippen LogP) is 3.77. The van der Waals surface area contributed by atoms with E-state index in [-0.39, 0.29) is 12.4 Å². The standard InChI is InChI=1S/C24H27NO3.ClH/c1-23(2,16-11-19-25-17-9-10-18-25)28-22(26)24(27,20-12-5-3-6-13-20)21-14-7-4-8-15-21;/h3-8,12-15,27H,9-10,17-19H2,1-2H3;1H. The van der Waals surface area contributed by atoms with Crippen LogP contribution in [0.1, 0.15) is 37.8 Å². The van der Waals surface area contributed by atoms with Crippen molar-refractivity contribution in [1.29, 1.82) is 0 Å². The molecule has 1 fully saturated rings. The molecule has 1 saturated heterocycles. The molecule has 1 heterocycles. The highest BCUT2D eigenvalue weighted by Crippen LogP contribution is 2.32. The maximum atomic E-state index is 13.2. The van der Waals surface area contributed by atoms with Crippen LogP contribution >= 0.6 is 12.4 Å². The van der Waals surface area contributed by atoms with E-state index < -0.39 is 17.2 Å². The highest BCUT2D eigenvalue weighted by Gasteiger charge is 2.43. The number of hydrogen-bond acceptors (Lipinski definition) is 4. The van der Waals surface area contributed by atoms with E-state index in [1.165, 1.54) is 12.8 Å². The second-order valence-corrected chi connectivity index (χ2v) is 7.63. The summed E-state index contributed by atoms with van der Waals surface area (Å²) in [6.07, 6.45) is 2.42. The summed E-state index contributed by atoms with van der Waals surface area (Å²) in [5, 5.41) is 11.5. The number of benzene rings is 2. The summed E-state index contributed by atoms with van der Waals surface area (Å²) in [5.74, 6) is 5.44. The average Bonchev–Trinajstić information content (AvgIpc) is 3.21. The van der Waals surface area contributed by atoms with E-state index in [2.05, 4.69) is 16.7 Å². The smallest absolute Gasteiger partial charge is 0.349 e. The Hall–Kier alpha value is -2.32. The molecular formula is C24H28ClNO3. The molecule has 154 valence electrons. The molecule has 0 radical (unpaired) electrons. The van der Waals surface area contributed by atoms with Gasteiger partial charge in [0.15, 0.2) is 5.60 Å². The van der Waals surface area contributed by atoms with Crippen molar-refractivity contribution in [3.8, 4) is 11.8 Å². The van der Waals surface area contributed by atoms with E-state index in [0.717, 1.165) is 13.1 Å². The van der Waals surface area contributed by atoms with E-state index >= 15 is 0 Å². The van der Waals surface area contributed by atoms with Crippen LogP contribution in [0.15, 0.2) is 60.7 Å². The summed E-state index contributed by atoms with van der Waals surface area (Å²) in [5.41, 5.74) is -1.97. The first-order valence-electron chi connectivity index (χ1n) is 9.71.